The van der Waals surface area contributed by atoms with Crippen LogP contribution in [0.4, 0.5) is 13.2 Å². The van der Waals surface area contributed by atoms with Gasteiger partial charge in [0.2, 0.25) is 0 Å². The number of nitrogens with two attached hydrogens (primary N) is 1. The first kappa shape index (κ1) is 12.7. The predicted octanol–water partition coefficient (Wildman–Crippen LogP) is 1.98. The fraction of sp³-hybridized carbons (Fsp3) is 0.909. The van der Waals surface area contributed by atoms with Crippen molar-refractivity contribution in [3.8, 4) is 0 Å². The Morgan fingerprint density at radius 2 is 1.88 bits per heavy atom. The Morgan fingerprint density at radius 3 is 2.24 bits per heavy atom. The monoisotopic (exact) mass is 249 g/mol. The van der Waals surface area contributed by atoms with Gasteiger partial charge in [0.05, 0.1) is 0 Å². The van der Waals surface area contributed by atoms with Crippen LogP contribution in [0.15, 0.2) is 0 Å². The van der Waals surface area contributed by atoms with Crippen molar-refractivity contribution in [1.82, 2.24) is 4.90 Å². The molecule has 0 heterocycles. The van der Waals surface area contributed by atoms with Gasteiger partial charge in [-0.1, -0.05) is 0 Å². The summed E-state index contributed by atoms with van der Waals surface area (Å²) in [4.78, 5) is 1.89. The minimum atomic E-state index is -4.40. The number of rotatable bonds is 6. The Hall–Kier alpha value is -0.780. The van der Waals surface area contributed by atoms with Crippen molar-refractivity contribution in [3.05, 3.63) is 0 Å². The largest absolute Gasteiger partial charge is 0.399 e. The molecule has 0 saturated heterocycles. The third-order valence-corrected chi connectivity index (χ3v) is 3.44. The lowest BCUT2D eigenvalue weighted by molar-refractivity contribution is -0.160. The van der Waals surface area contributed by atoms with Crippen molar-refractivity contribution in [2.45, 2.75) is 37.9 Å². The zero-order chi connectivity index (χ0) is 12.6. The van der Waals surface area contributed by atoms with Crippen LogP contribution in [0.5, 0.6) is 0 Å². The lowest BCUT2D eigenvalue weighted by Gasteiger charge is -2.28. The molecular weight excluding hydrogens is 231 g/mol. The third-order valence-electron chi connectivity index (χ3n) is 3.44. The Bertz CT molecular complexity index is 295. The molecule has 3 N–H and O–H groups in total. The molecule has 2 aliphatic rings. The SMILES string of the molecule is N=C(N)C(CN(CC1CC1)C1CC1)C(F)(F)F. The molecular formula is C11H18F3N3. The van der Waals surface area contributed by atoms with E-state index in [1.165, 1.54) is 0 Å². The first-order valence-electron chi connectivity index (χ1n) is 6.02. The highest BCUT2D eigenvalue weighted by Gasteiger charge is 2.45. The molecule has 0 aliphatic heterocycles. The highest BCUT2D eigenvalue weighted by molar-refractivity contribution is 5.80. The predicted molar refractivity (Wildman–Crippen MR) is 58.8 cm³/mol. The lowest BCUT2D eigenvalue weighted by Crippen LogP contribution is -2.45. The molecule has 0 spiro atoms. The van der Waals surface area contributed by atoms with Crippen molar-refractivity contribution in [3.63, 3.8) is 0 Å². The summed E-state index contributed by atoms with van der Waals surface area (Å²) < 4.78 is 38.2. The maximum Gasteiger partial charge on any atom is 0.399 e. The Morgan fingerprint density at radius 1 is 1.29 bits per heavy atom. The highest BCUT2D eigenvalue weighted by atomic mass is 19.4. The Balaban J connectivity index is 1.95. The van der Waals surface area contributed by atoms with Crippen LogP contribution < -0.4 is 5.73 Å². The number of alkyl halides is 3. The third kappa shape index (κ3) is 3.59. The van der Waals surface area contributed by atoms with Crippen LogP contribution in [0.2, 0.25) is 0 Å². The van der Waals surface area contributed by atoms with E-state index >= 15 is 0 Å². The molecule has 6 heteroatoms. The molecule has 2 fully saturated rings. The number of hydrogen-bond donors (Lipinski definition) is 2. The second kappa shape index (κ2) is 4.48. The van der Waals surface area contributed by atoms with Crippen LogP contribution >= 0.6 is 0 Å². The van der Waals surface area contributed by atoms with Gasteiger partial charge in [-0.25, -0.2) is 0 Å². The zero-order valence-electron chi connectivity index (χ0n) is 9.63. The van der Waals surface area contributed by atoms with Crippen LogP contribution in [-0.4, -0.2) is 36.0 Å². The first-order valence-corrected chi connectivity index (χ1v) is 6.02. The van der Waals surface area contributed by atoms with Gasteiger partial charge >= 0.3 is 6.18 Å². The molecule has 2 rings (SSSR count). The Kier molecular flexibility index (Phi) is 3.34. The molecule has 0 bridgehead atoms. The standard InChI is InChI=1S/C11H18F3N3/c12-11(13,14)9(10(15)16)6-17(8-3-4-8)5-7-1-2-7/h7-9H,1-6H2,(H3,15,16). The minimum Gasteiger partial charge on any atom is -0.387 e. The zero-order valence-corrected chi connectivity index (χ0v) is 9.63. The summed E-state index contributed by atoms with van der Waals surface area (Å²) in [5.74, 6) is -2.00. The number of hydrogen-bond acceptors (Lipinski definition) is 2. The molecule has 2 saturated carbocycles. The molecule has 0 aromatic carbocycles. The van der Waals surface area contributed by atoms with Gasteiger partial charge in [-0.05, 0) is 31.6 Å². The van der Waals surface area contributed by atoms with Crippen LogP contribution in [-0.2, 0) is 0 Å². The molecule has 3 nitrogen and oxygen atoms in total. The van der Waals surface area contributed by atoms with E-state index in [1.54, 1.807) is 0 Å². The van der Waals surface area contributed by atoms with Crippen molar-refractivity contribution in [1.29, 1.82) is 5.41 Å². The number of amidine groups is 1. The minimum absolute atomic E-state index is 0.139. The van der Waals surface area contributed by atoms with E-state index in [4.69, 9.17) is 11.1 Å². The summed E-state index contributed by atoms with van der Waals surface area (Å²) in [6.45, 7) is 0.602. The second-order valence-electron chi connectivity index (χ2n) is 5.18. The van der Waals surface area contributed by atoms with Gasteiger partial charge in [-0.15, -0.1) is 0 Å². The van der Waals surface area contributed by atoms with E-state index < -0.39 is 17.9 Å². The first-order chi connectivity index (χ1) is 7.88. The van der Waals surface area contributed by atoms with E-state index in [0.29, 0.717) is 12.0 Å². The normalized spacial score (nSPS) is 22.8. The van der Waals surface area contributed by atoms with Crippen LogP contribution in [0.1, 0.15) is 25.7 Å². The fourth-order valence-corrected chi connectivity index (χ4v) is 2.06. The highest BCUT2D eigenvalue weighted by Crippen LogP contribution is 2.37. The summed E-state index contributed by atoms with van der Waals surface area (Å²) in [5, 5.41) is 7.09. The van der Waals surface area contributed by atoms with Gasteiger partial charge in [0.1, 0.15) is 11.8 Å². The van der Waals surface area contributed by atoms with E-state index in [-0.39, 0.29) is 6.54 Å². The van der Waals surface area contributed by atoms with E-state index in [0.717, 1.165) is 32.2 Å². The average molecular weight is 249 g/mol. The fourth-order valence-electron chi connectivity index (χ4n) is 2.06. The van der Waals surface area contributed by atoms with Gasteiger partial charge in [0.15, 0.2) is 0 Å². The van der Waals surface area contributed by atoms with Crippen LogP contribution in [0, 0.1) is 17.2 Å². The van der Waals surface area contributed by atoms with Crippen molar-refractivity contribution >= 4 is 5.84 Å². The molecule has 0 radical (unpaired) electrons. The maximum atomic E-state index is 12.7. The van der Waals surface area contributed by atoms with Crippen molar-refractivity contribution in [2.24, 2.45) is 17.6 Å². The quantitative estimate of drug-likeness (QED) is 0.558. The molecule has 98 valence electrons. The molecule has 0 amide bonds. The summed E-state index contributed by atoms with van der Waals surface area (Å²) >= 11 is 0. The van der Waals surface area contributed by atoms with Crippen LogP contribution in [0.3, 0.4) is 0 Å². The van der Waals surface area contributed by atoms with E-state index in [9.17, 15) is 13.2 Å². The number of nitrogens with zero attached hydrogens (tertiary/aromatic N) is 1. The van der Waals surface area contributed by atoms with Crippen molar-refractivity contribution < 1.29 is 13.2 Å². The van der Waals surface area contributed by atoms with Gasteiger partial charge < -0.3 is 5.73 Å². The smallest absolute Gasteiger partial charge is 0.387 e. The molecule has 0 aromatic heterocycles. The maximum absolute atomic E-state index is 12.7. The second-order valence-corrected chi connectivity index (χ2v) is 5.18. The Labute approximate surface area is 98.7 Å². The summed E-state index contributed by atoms with van der Waals surface area (Å²) in [6.07, 6.45) is -0.188. The average Bonchev–Trinajstić information content (AvgIpc) is 2.99. The summed E-state index contributed by atoms with van der Waals surface area (Å²) in [7, 11) is 0. The molecule has 1 atom stereocenters. The molecule has 0 aromatic rings. The van der Waals surface area contributed by atoms with Gasteiger partial charge in [-0.2, -0.15) is 13.2 Å². The number of halogens is 3. The topological polar surface area (TPSA) is 53.1 Å². The van der Waals surface area contributed by atoms with Crippen molar-refractivity contribution in [2.75, 3.05) is 13.1 Å². The summed E-state index contributed by atoms with van der Waals surface area (Å²) in [5.41, 5.74) is 5.07. The van der Waals surface area contributed by atoms with E-state index in [1.807, 2.05) is 4.90 Å². The summed E-state index contributed by atoms with van der Waals surface area (Å²) in [6, 6.07) is 0.291. The molecule has 1 unspecified atom stereocenters. The van der Waals surface area contributed by atoms with Gasteiger partial charge in [-0.3, -0.25) is 10.3 Å². The number of nitrogens with one attached hydrogen (secondary N) is 1. The van der Waals surface area contributed by atoms with E-state index in [2.05, 4.69) is 0 Å². The van der Waals surface area contributed by atoms with Gasteiger partial charge in [0.25, 0.3) is 0 Å². The van der Waals surface area contributed by atoms with Gasteiger partial charge in [0, 0.05) is 19.1 Å². The van der Waals surface area contributed by atoms with Crippen LogP contribution in [0.25, 0.3) is 0 Å². The molecule has 2 aliphatic carbocycles. The molecule has 17 heavy (non-hydrogen) atoms. The lowest BCUT2D eigenvalue weighted by atomic mass is 10.1.